The normalized spacial score (nSPS) is 23.9. The Bertz CT molecular complexity index is 760. The van der Waals surface area contributed by atoms with Crippen molar-refractivity contribution in [2.45, 2.75) is 44.9 Å². The van der Waals surface area contributed by atoms with E-state index in [9.17, 15) is 4.79 Å². The van der Waals surface area contributed by atoms with Gasteiger partial charge in [0.15, 0.2) is 5.69 Å². The lowest BCUT2D eigenvalue weighted by atomic mass is 10.1. The number of rotatable bonds is 3. The molecule has 0 spiro atoms. The number of amides is 1. The Labute approximate surface area is 169 Å². The summed E-state index contributed by atoms with van der Waals surface area (Å²) in [5.74, 6) is -0.0435. The van der Waals surface area contributed by atoms with E-state index in [1.807, 2.05) is 28.8 Å². The third-order valence-electron chi connectivity index (χ3n) is 5.25. The molecule has 148 valence electrons. The van der Waals surface area contributed by atoms with Crippen LogP contribution in [0, 0.1) is 6.92 Å². The van der Waals surface area contributed by atoms with E-state index in [0.29, 0.717) is 24.8 Å². The number of carbonyl (C=O) groups excluding carboxylic acids is 1. The molecular formula is C18H26ClN5O2S. The summed E-state index contributed by atoms with van der Waals surface area (Å²) >= 11 is 1.65. The van der Waals surface area contributed by atoms with E-state index >= 15 is 0 Å². The number of aromatic nitrogens is 3. The number of carbonyl (C=O) groups is 1. The van der Waals surface area contributed by atoms with Crippen LogP contribution in [0.1, 0.15) is 53.7 Å². The average Bonchev–Trinajstić information content (AvgIpc) is 3.31. The minimum Gasteiger partial charge on any atom is -0.367 e. The predicted molar refractivity (Wildman–Crippen MR) is 107 cm³/mol. The topological polar surface area (TPSA) is 72.3 Å². The number of nitrogens with zero attached hydrogens (tertiary/aromatic N) is 4. The fourth-order valence-electron chi connectivity index (χ4n) is 3.85. The van der Waals surface area contributed by atoms with Gasteiger partial charge in [-0.05, 0) is 62.2 Å². The molecule has 2 aliphatic rings. The third-order valence-corrected chi connectivity index (χ3v) is 5.95. The summed E-state index contributed by atoms with van der Waals surface area (Å²) in [4.78, 5) is 15.0. The van der Waals surface area contributed by atoms with E-state index in [4.69, 9.17) is 4.74 Å². The fraction of sp³-hybridized carbons (Fsp3) is 0.611. The molecule has 2 aromatic heterocycles. The zero-order valence-electron chi connectivity index (χ0n) is 15.6. The van der Waals surface area contributed by atoms with Crippen molar-refractivity contribution in [1.29, 1.82) is 0 Å². The first kappa shape index (κ1) is 20.3. The summed E-state index contributed by atoms with van der Waals surface area (Å²) in [5, 5.41) is 16.0. The van der Waals surface area contributed by atoms with Crippen molar-refractivity contribution in [1.82, 2.24) is 25.2 Å². The van der Waals surface area contributed by atoms with Crippen LogP contribution in [-0.4, -0.2) is 58.1 Å². The molecule has 0 aliphatic carbocycles. The second-order valence-corrected chi connectivity index (χ2v) is 7.93. The van der Waals surface area contributed by atoms with Crippen molar-refractivity contribution in [3.8, 4) is 0 Å². The maximum absolute atomic E-state index is 13.1. The van der Waals surface area contributed by atoms with Crippen molar-refractivity contribution in [3.05, 3.63) is 33.8 Å². The van der Waals surface area contributed by atoms with Crippen LogP contribution in [-0.2, 0) is 4.74 Å². The highest BCUT2D eigenvalue weighted by Gasteiger charge is 2.33. The standard InChI is InChI=1S/C18H25N5O2S.ClH/c1-12-9-22(10-16(25-12)14-5-8-26-11-14)18(24)17-13(2)23(21-20-17)15-3-6-19-7-4-15;/h5,8,11-12,15-16,19H,3-4,6-7,9-10H2,1-2H3;1H. The molecule has 27 heavy (non-hydrogen) atoms. The Balaban J connectivity index is 0.00000210. The molecule has 0 aromatic carbocycles. The fourth-order valence-corrected chi connectivity index (χ4v) is 4.55. The first-order valence-corrected chi connectivity index (χ1v) is 10.2. The minimum absolute atomic E-state index is 0. The second-order valence-electron chi connectivity index (χ2n) is 7.15. The molecule has 2 aromatic rings. The maximum atomic E-state index is 13.1. The van der Waals surface area contributed by atoms with Crippen LogP contribution in [0.3, 0.4) is 0 Å². The smallest absolute Gasteiger partial charge is 0.276 e. The van der Waals surface area contributed by atoms with E-state index < -0.39 is 0 Å². The summed E-state index contributed by atoms with van der Waals surface area (Å²) < 4.78 is 7.98. The van der Waals surface area contributed by atoms with Crippen LogP contribution < -0.4 is 5.32 Å². The van der Waals surface area contributed by atoms with Gasteiger partial charge in [0.1, 0.15) is 6.10 Å². The number of thiophene rings is 1. The van der Waals surface area contributed by atoms with E-state index in [2.05, 4.69) is 27.1 Å². The number of halogens is 1. The summed E-state index contributed by atoms with van der Waals surface area (Å²) in [7, 11) is 0. The Kier molecular flexibility index (Phi) is 6.52. The first-order valence-electron chi connectivity index (χ1n) is 9.23. The second kappa shape index (κ2) is 8.68. The maximum Gasteiger partial charge on any atom is 0.276 e. The lowest BCUT2D eigenvalue weighted by Gasteiger charge is -2.36. The Morgan fingerprint density at radius 1 is 1.33 bits per heavy atom. The molecule has 2 unspecified atom stereocenters. The molecule has 2 fully saturated rings. The molecule has 4 heterocycles. The molecular weight excluding hydrogens is 386 g/mol. The van der Waals surface area contributed by atoms with E-state index in [0.717, 1.165) is 37.2 Å². The van der Waals surface area contributed by atoms with Gasteiger partial charge in [-0.25, -0.2) is 4.68 Å². The van der Waals surface area contributed by atoms with Gasteiger partial charge in [-0.2, -0.15) is 11.3 Å². The number of ether oxygens (including phenoxy) is 1. The van der Waals surface area contributed by atoms with Gasteiger partial charge in [-0.3, -0.25) is 4.79 Å². The third kappa shape index (κ3) is 4.18. The molecule has 1 N–H and O–H groups in total. The van der Waals surface area contributed by atoms with Gasteiger partial charge in [0.2, 0.25) is 0 Å². The zero-order chi connectivity index (χ0) is 18.1. The highest BCUT2D eigenvalue weighted by Crippen LogP contribution is 2.28. The summed E-state index contributed by atoms with van der Waals surface area (Å²) in [6.45, 7) is 7.07. The number of hydrogen-bond donors (Lipinski definition) is 1. The molecule has 0 bridgehead atoms. The number of morpholine rings is 1. The lowest BCUT2D eigenvalue weighted by Crippen LogP contribution is -2.46. The van der Waals surface area contributed by atoms with Crippen LogP contribution in [0.25, 0.3) is 0 Å². The molecule has 2 atom stereocenters. The first-order chi connectivity index (χ1) is 12.6. The molecule has 0 saturated carbocycles. The summed E-state index contributed by atoms with van der Waals surface area (Å²) in [5.41, 5.74) is 2.48. The Morgan fingerprint density at radius 3 is 2.81 bits per heavy atom. The number of piperidine rings is 1. The van der Waals surface area contributed by atoms with Gasteiger partial charge < -0.3 is 15.0 Å². The van der Waals surface area contributed by atoms with Gasteiger partial charge in [-0.15, -0.1) is 17.5 Å². The van der Waals surface area contributed by atoms with Crippen molar-refractivity contribution in [2.75, 3.05) is 26.2 Å². The molecule has 0 radical (unpaired) electrons. The van der Waals surface area contributed by atoms with Crippen molar-refractivity contribution >= 4 is 29.7 Å². The monoisotopic (exact) mass is 411 g/mol. The Morgan fingerprint density at radius 2 is 2.11 bits per heavy atom. The van der Waals surface area contributed by atoms with E-state index in [-0.39, 0.29) is 30.5 Å². The van der Waals surface area contributed by atoms with E-state index in [1.165, 1.54) is 0 Å². The highest BCUT2D eigenvalue weighted by molar-refractivity contribution is 7.07. The SMILES string of the molecule is Cc1c(C(=O)N2CC(C)OC(c3ccsc3)C2)nnn1C1CCNCC1.Cl. The molecule has 9 heteroatoms. The molecule has 1 amide bonds. The summed E-state index contributed by atoms with van der Waals surface area (Å²) in [6, 6.07) is 2.39. The van der Waals surface area contributed by atoms with Gasteiger partial charge in [0, 0.05) is 6.54 Å². The molecule has 2 saturated heterocycles. The molecule has 7 nitrogen and oxygen atoms in total. The lowest BCUT2D eigenvalue weighted by molar-refractivity contribution is -0.0691. The largest absolute Gasteiger partial charge is 0.367 e. The zero-order valence-corrected chi connectivity index (χ0v) is 17.3. The molecule has 2 aliphatic heterocycles. The number of hydrogen-bond acceptors (Lipinski definition) is 6. The van der Waals surface area contributed by atoms with Gasteiger partial charge >= 0.3 is 0 Å². The van der Waals surface area contributed by atoms with Crippen molar-refractivity contribution in [3.63, 3.8) is 0 Å². The van der Waals surface area contributed by atoms with Crippen molar-refractivity contribution < 1.29 is 9.53 Å². The van der Waals surface area contributed by atoms with Gasteiger partial charge in [-0.1, -0.05) is 5.21 Å². The quantitative estimate of drug-likeness (QED) is 0.840. The average molecular weight is 412 g/mol. The highest BCUT2D eigenvalue weighted by atomic mass is 35.5. The number of nitrogens with one attached hydrogen (secondary N) is 1. The molecule has 4 rings (SSSR count). The van der Waals surface area contributed by atoms with Crippen LogP contribution in [0.5, 0.6) is 0 Å². The van der Waals surface area contributed by atoms with Gasteiger partial charge in [0.05, 0.1) is 24.4 Å². The van der Waals surface area contributed by atoms with Crippen molar-refractivity contribution in [2.24, 2.45) is 0 Å². The predicted octanol–water partition coefficient (Wildman–Crippen LogP) is 2.60. The Hall–Kier alpha value is -1.48. The van der Waals surface area contributed by atoms with E-state index in [1.54, 1.807) is 11.3 Å². The van der Waals surface area contributed by atoms with Crippen LogP contribution in [0.4, 0.5) is 0 Å². The van der Waals surface area contributed by atoms with Gasteiger partial charge in [0.25, 0.3) is 5.91 Å². The summed E-state index contributed by atoms with van der Waals surface area (Å²) in [6.07, 6.45) is 1.96. The van der Waals surface area contributed by atoms with Crippen LogP contribution in [0.15, 0.2) is 16.8 Å². The van der Waals surface area contributed by atoms with Crippen LogP contribution >= 0.6 is 23.7 Å². The van der Waals surface area contributed by atoms with Crippen LogP contribution in [0.2, 0.25) is 0 Å². The minimum atomic E-state index is -0.0753.